The van der Waals surface area contributed by atoms with Crippen LogP contribution in [0.1, 0.15) is 0 Å². The Bertz CT molecular complexity index is 369. The number of nitrogens with zero attached hydrogens (tertiary/aromatic N) is 4. The van der Waals surface area contributed by atoms with Crippen LogP contribution in [0.3, 0.4) is 0 Å². The number of nitrogens with one attached hydrogen (secondary N) is 1. The molecule has 7 nitrogen and oxygen atoms in total. The molecule has 0 radical (unpaired) electrons. The molecule has 17 heavy (non-hydrogen) atoms. The van der Waals surface area contributed by atoms with E-state index in [-0.39, 0.29) is 6.17 Å². The van der Waals surface area contributed by atoms with E-state index in [1.807, 2.05) is 0 Å². The van der Waals surface area contributed by atoms with Crippen LogP contribution in [0.4, 0.5) is 5.82 Å². The topological polar surface area (TPSA) is 73.3 Å². The van der Waals surface area contributed by atoms with Gasteiger partial charge in [-0.15, -0.1) is 0 Å². The maximum atomic E-state index is 12.9. The molecule has 8 heteroatoms. The standard InChI is InChI=1S/C9H15N5O2S/c15-14(8-6-17-12-11-8)7-10-5-9(14)13-1-3-16-4-2-13/h6,9-10H,1-5,7H2. The van der Waals surface area contributed by atoms with Crippen LogP contribution < -0.4 is 9.96 Å². The van der Waals surface area contributed by atoms with Gasteiger partial charge in [0.1, 0.15) is 6.67 Å². The second-order valence-corrected chi connectivity index (χ2v) is 4.91. The van der Waals surface area contributed by atoms with Crippen molar-refractivity contribution in [3.05, 3.63) is 10.6 Å². The molecule has 2 unspecified atom stereocenters. The lowest BCUT2D eigenvalue weighted by atomic mass is 10.3. The average molecular weight is 257 g/mol. The predicted molar refractivity (Wildman–Crippen MR) is 64.1 cm³/mol. The normalized spacial score (nSPS) is 35.2. The molecule has 1 N–H and O–H groups in total. The number of rotatable bonds is 2. The SMILES string of the molecule is [O-][N+]1(c2csnn2)CNCC1N1CCOCC1. The highest BCUT2D eigenvalue weighted by Crippen LogP contribution is 2.28. The Morgan fingerprint density at radius 2 is 2.35 bits per heavy atom. The summed E-state index contributed by atoms with van der Waals surface area (Å²) in [5.74, 6) is 0.511. The highest BCUT2D eigenvalue weighted by molar-refractivity contribution is 7.03. The maximum Gasteiger partial charge on any atom is 0.261 e. The molecule has 0 amide bonds. The zero-order chi connectivity index (χ0) is 11.7. The molecule has 2 fully saturated rings. The number of hydrogen-bond donors (Lipinski definition) is 1. The molecule has 0 spiro atoms. The fraction of sp³-hybridized carbons (Fsp3) is 0.778. The van der Waals surface area contributed by atoms with Gasteiger partial charge >= 0.3 is 0 Å². The quantitative estimate of drug-likeness (QED) is 0.572. The van der Waals surface area contributed by atoms with Crippen LogP contribution in [-0.4, -0.2) is 60.2 Å². The van der Waals surface area contributed by atoms with Crippen molar-refractivity contribution in [3.63, 3.8) is 0 Å². The predicted octanol–water partition coefficient (Wildman–Crippen LogP) is -0.438. The third kappa shape index (κ3) is 1.96. The lowest BCUT2D eigenvalue weighted by Crippen LogP contribution is -2.59. The van der Waals surface area contributed by atoms with Gasteiger partial charge in [0.15, 0.2) is 6.17 Å². The molecule has 2 saturated heterocycles. The highest BCUT2D eigenvalue weighted by Gasteiger charge is 2.42. The third-order valence-electron chi connectivity index (χ3n) is 3.36. The number of quaternary nitrogens is 1. The van der Waals surface area contributed by atoms with Crippen molar-refractivity contribution in [2.45, 2.75) is 6.17 Å². The first kappa shape index (κ1) is 11.5. The van der Waals surface area contributed by atoms with Crippen molar-refractivity contribution in [3.8, 4) is 0 Å². The van der Waals surface area contributed by atoms with Gasteiger partial charge in [0.2, 0.25) is 0 Å². The lowest BCUT2D eigenvalue weighted by Gasteiger charge is -2.45. The molecule has 0 aliphatic carbocycles. The van der Waals surface area contributed by atoms with Gasteiger partial charge in [-0.05, 0) is 11.5 Å². The van der Waals surface area contributed by atoms with E-state index in [0.717, 1.165) is 13.1 Å². The van der Waals surface area contributed by atoms with Crippen LogP contribution in [0.2, 0.25) is 0 Å². The molecule has 1 aromatic heterocycles. The van der Waals surface area contributed by atoms with Crippen molar-refractivity contribution < 1.29 is 4.74 Å². The fourth-order valence-electron chi connectivity index (χ4n) is 2.44. The van der Waals surface area contributed by atoms with E-state index in [9.17, 15) is 5.21 Å². The Morgan fingerprint density at radius 1 is 1.53 bits per heavy atom. The number of ether oxygens (including phenoxy) is 1. The number of hydrogen-bond acceptors (Lipinski definition) is 7. The monoisotopic (exact) mass is 257 g/mol. The summed E-state index contributed by atoms with van der Waals surface area (Å²) in [5, 5.41) is 21.7. The van der Waals surface area contributed by atoms with E-state index in [0.29, 0.717) is 32.2 Å². The van der Waals surface area contributed by atoms with Crippen LogP contribution in [-0.2, 0) is 4.74 Å². The van der Waals surface area contributed by atoms with Gasteiger partial charge in [-0.2, -0.15) is 0 Å². The van der Waals surface area contributed by atoms with E-state index < -0.39 is 4.65 Å². The Hall–Kier alpha value is -0.640. The van der Waals surface area contributed by atoms with Crippen molar-refractivity contribution in [2.75, 3.05) is 39.5 Å². The first-order valence-electron chi connectivity index (χ1n) is 5.69. The summed E-state index contributed by atoms with van der Waals surface area (Å²) in [6.07, 6.45) is -0.109. The second-order valence-electron chi connectivity index (χ2n) is 4.30. The minimum atomic E-state index is -0.434. The van der Waals surface area contributed by atoms with E-state index in [2.05, 4.69) is 19.8 Å². The minimum absolute atomic E-state index is 0.109. The van der Waals surface area contributed by atoms with Gasteiger partial charge in [0.25, 0.3) is 5.82 Å². The van der Waals surface area contributed by atoms with Gasteiger partial charge < -0.3 is 9.94 Å². The molecule has 3 rings (SSSR count). The summed E-state index contributed by atoms with van der Waals surface area (Å²) in [6.45, 7) is 4.09. The van der Waals surface area contributed by atoms with Gasteiger partial charge in [-0.3, -0.25) is 9.96 Å². The smallest absolute Gasteiger partial charge is 0.261 e. The Kier molecular flexibility index (Phi) is 3.07. The third-order valence-corrected chi connectivity index (χ3v) is 3.85. The maximum absolute atomic E-state index is 12.9. The first-order chi connectivity index (χ1) is 8.31. The summed E-state index contributed by atoms with van der Waals surface area (Å²) in [6, 6.07) is 0. The molecular formula is C9H15N5O2S. The number of aromatic nitrogens is 2. The number of hydroxylamine groups is 2. The van der Waals surface area contributed by atoms with Crippen molar-refractivity contribution in [2.24, 2.45) is 0 Å². The van der Waals surface area contributed by atoms with Crippen molar-refractivity contribution in [1.29, 1.82) is 0 Å². The Labute approximate surface area is 103 Å². The molecule has 3 heterocycles. The summed E-state index contributed by atoms with van der Waals surface area (Å²) >= 11 is 1.23. The van der Waals surface area contributed by atoms with Crippen molar-refractivity contribution in [1.82, 2.24) is 24.4 Å². The highest BCUT2D eigenvalue weighted by atomic mass is 32.1. The fourth-order valence-corrected chi connectivity index (χ4v) is 2.94. The molecular weight excluding hydrogens is 242 g/mol. The lowest BCUT2D eigenvalue weighted by molar-refractivity contribution is -0.00429. The molecule has 2 atom stereocenters. The largest absolute Gasteiger partial charge is 0.624 e. The molecule has 0 bridgehead atoms. The van der Waals surface area contributed by atoms with E-state index in [1.165, 1.54) is 11.5 Å². The Morgan fingerprint density at radius 3 is 3.06 bits per heavy atom. The molecule has 2 aliphatic rings. The summed E-state index contributed by atoms with van der Waals surface area (Å²) in [4.78, 5) is 2.19. The van der Waals surface area contributed by atoms with Crippen LogP contribution in [0, 0.1) is 5.21 Å². The zero-order valence-corrected chi connectivity index (χ0v) is 10.2. The summed E-state index contributed by atoms with van der Waals surface area (Å²) < 4.78 is 8.68. The van der Waals surface area contributed by atoms with E-state index in [1.54, 1.807) is 5.38 Å². The van der Waals surface area contributed by atoms with E-state index in [4.69, 9.17) is 4.74 Å². The summed E-state index contributed by atoms with van der Waals surface area (Å²) in [5.41, 5.74) is 0. The second kappa shape index (κ2) is 4.56. The van der Waals surface area contributed by atoms with Crippen molar-refractivity contribution >= 4 is 17.4 Å². The first-order valence-corrected chi connectivity index (χ1v) is 6.53. The van der Waals surface area contributed by atoms with Crippen LogP contribution in [0.5, 0.6) is 0 Å². The molecule has 94 valence electrons. The molecule has 0 saturated carbocycles. The zero-order valence-electron chi connectivity index (χ0n) is 9.41. The molecule has 0 aromatic carbocycles. The average Bonchev–Trinajstić information content (AvgIpc) is 2.99. The number of morpholine rings is 1. The molecule has 2 aliphatic heterocycles. The summed E-state index contributed by atoms with van der Waals surface area (Å²) in [7, 11) is 0. The van der Waals surface area contributed by atoms with Crippen LogP contribution >= 0.6 is 11.5 Å². The van der Waals surface area contributed by atoms with Crippen LogP contribution in [0.25, 0.3) is 0 Å². The van der Waals surface area contributed by atoms with Gasteiger partial charge in [-0.25, -0.2) is 4.90 Å². The molecule has 1 aromatic rings. The van der Waals surface area contributed by atoms with Gasteiger partial charge in [0, 0.05) is 13.1 Å². The van der Waals surface area contributed by atoms with Gasteiger partial charge in [0.05, 0.1) is 25.1 Å². The Balaban J connectivity index is 1.83. The van der Waals surface area contributed by atoms with E-state index >= 15 is 0 Å². The van der Waals surface area contributed by atoms with Crippen LogP contribution in [0.15, 0.2) is 5.38 Å². The van der Waals surface area contributed by atoms with Gasteiger partial charge in [-0.1, -0.05) is 9.59 Å². The minimum Gasteiger partial charge on any atom is -0.624 e.